The highest BCUT2D eigenvalue weighted by Crippen LogP contribution is 2.44. The average Bonchev–Trinajstić information content (AvgIpc) is 3.20. The molecular formula is C26H30O5Si. The van der Waals surface area contributed by atoms with E-state index in [2.05, 4.69) is 45.0 Å². The lowest BCUT2D eigenvalue weighted by Crippen LogP contribution is -2.66. The van der Waals surface area contributed by atoms with Crippen molar-refractivity contribution in [3.05, 3.63) is 84.1 Å². The van der Waals surface area contributed by atoms with Crippen molar-refractivity contribution < 1.29 is 24.2 Å². The van der Waals surface area contributed by atoms with Gasteiger partial charge in [-0.1, -0.05) is 87.5 Å². The maximum absolute atomic E-state index is 11.7. The van der Waals surface area contributed by atoms with E-state index >= 15 is 0 Å². The predicted octanol–water partition coefficient (Wildman–Crippen LogP) is 3.44. The molecule has 0 aromatic heterocycles. The highest BCUT2D eigenvalue weighted by Gasteiger charge is 2.51. The Hall–Kier alpha value is -2.67. The number of carboxylic acids is 1. The molecule has 0 bridgehead atoms. The Labute approximate surface area is 190 Å². The summed E-state index contributed by atoms with van der Waals surface area (Å²) >= 11 is 0. The maximum Gasteiger partial charge on any atom is 0.335 e. The first-order valence-electron chi connectivity index (χ1n) is 11.0. The average molecular weight is 451 g/mol. The Morgan fingerprint density at radius 2 is 1.62 bits per heavy atom. The van der Waals surface area contributed by atoms with Crippen LogP contribution in [0.1, 0.15) is 27.2 Å². The maximum atomic E-state index is 11.7. The van der Waals surface area contributed by atoms with E-state index in [4.69, 9.17) is 9.16 Å². The lowest BCUT2D eigenvalue weighted by atomic mass is 9.84. The summed E-state index contributed by atoms with van der Waals surface area (Å²) in [6.07, 6.45) is 2.69. The van der Waals surface area contributed by atoms with Crippen LogP contribution in [0.15, 0.2) is 84.1 Å². The molecule has 1 aliphatic carbocycles. The van der Waals surface area contributed by atoms with E-state index in [1.54, 1.807) is 0 Å². The summed E-state index contributed by atoms with van der Waals surface area (Å²) < 4.78 is 12.3. The van der Waals surface area contributed by atoms with Crippen molar-refractivity contribution in [3.63, 3.8) is 0 Å². The summed E-state index contributed by atoms with van der Waals surface area (Å²) in [5.41, 5.74) is 1.11. The first kappa shape index (κ1) is 22.5. The number of rotatable bonds is 6. The number of ether oxygens (including phenoxy) is 1. The molecule has 0 fully saturated rings. The van der Waals surface area contributed by atoms with Crippen molar-refractivity contribution in [2.24, 2.45) is 11.8 Å². The van der Waals surface area contributed by atoms with Crippen LogP contribution in [0.25, 0.3) is 0 Å². The smallest absolute Gasteiger partial charge is 0.335 e. The van der Waals surface area contributed by atoms with Gasteiger partial charge in [-0.15, -0.1) is 0 Å². The van der Waals surface area contributed by atoms with Gasteiger partial charge in [-0.05, 0) is 27.4 Å². The molecule has 2 aliphatic rings. The van der Waals surface area contributed by atoms with Crippen LogP contribution in [0, 0.1) is 11.8 Å². The highest BCUT2D eigenvalue weighted by atomic mass is 28.4. The summed E-state index contributed by atoms with van der Waals surface area (Å²) in [6, 6.07) is 20.8. The Balaban J connectivity index is 1.71. The fourth-order valence-corrected chi connectivity index (χ4v) is 9.69. The van der Waals surface area contributed by atoms with Crippen LogP contribution in [0.4, 0.5) is 0 Å². The SMILES string of the molecule is CC(C)(C)[Si](OCC1=CCC2C(C(=O)O)=COC(O)[C@H]12)(c1ccccc1)c1ccccc1. The molecule has 2 aromatic rings. The zero-order chi connectivity index (χ0) is 22.9. The van der Waals surface area contributed by atoms with Gasteiger partial charge in [0, 0.05) is 5.92 Å². The van der Waals surface area contributed by atoms with Crippen molar-refractivity contribution in [3.8, 4) is 0 Å². The second kappa shape index (κ2) is 8.69. The molecule has 0 saturated heterocycles. The standard InChI is InChI=1S/C26H30O5Si/c1-26(2,3)32(19-10-6-4-7-11-19,20-12-8-5-9-13-20)31-16-18-14-15-21-22(24(27)28)17-30-25(29)23(18)21/h4-14,17,21,23,25,29H,15-16H2,1-3H3,(H,27,28)/t21?,23-,25?/m1/s1. The van der Waals surface area contributed by atoms with Gasteiger partial charge in [0.1, 0.15) is 0 Å². The number of hydrogen-bond donors (Lipinski definition) is 2. The normalized spacial score (nSPS) is 23.1. The Morgan fingerprint density at radius 1 is 1.06 bits per heavy atom. The third-order valence-electron chi connectivity index (χ3n) is 6.66. The Bertz CT molecular complexity index is 984. The molecule has 168 valence electrons. The van der Waals surface area contributed by atoms with Crippen molar-refractivity contribution >= 4 is 24.7 Å². The van der Waals surface area contributed by atoms with Gasteiger partial charge in [0.25, 0.3) is 8.32 Å². The monoisotopic (exact) mass is 450 g/mol. The summed E-state index contributed by atoms with van der Waals surface area (Å²) in [5.74, 6) is -1.72. The number of benzene rings is 2. The number of carbonyl (C=O) groups is 1. The molecule has 3 atom stereocenters. The summed E-state index contributed by atoms with van der Waals surface area (Å²) in [6.45, 7) is 6.97. The van der Waals surface area contributed by atoms with Crippen LogP contribution in [-0.4, -0.2) is 37.4 Å². The molecule has 2 N–H and O–H groups in total. The molecule has 0 spiro atoms. The number of aliphatic carboxylic acids is 1. The Kier molecular flexibility index (Phi) is 6.12. The van der Waals surface area contributed by atoms with Crippen LogP contribution in [0.2, 0.25) is 5.04 Å². The van der Waals surface area contributed by atoms with Crippen molar-refractivity contribution in [2.75, 3.05) is 6.61 Å². The predicted molar refractivity (Wildman–Crippen MR) is 126 cm³/mol. The van der Waals surface area contributed by atoms with Gasteiger partial charge in [-0.25, -0.2) is 4.79 Å². The number of fused-ring (bicyclic) bond motifs is 1. The lowest BCUT2D eigenvalue weighted by Gasteiger charge is -2.43. The van der Waals surface area contributed by atoms with Crippen LogP contribution in [-0.2, 0) is 14.0 Å². The minimum atomic E-state index is -2.73. The third-order valence-corrected chi connectivity index (χ3v) is 11.6. The molecule has 2 unspecified atom stereocenters. The first-order valence-corrected chi connectivity index (χ1v) is 12.9. The summed E-state index contributed by atoms with van der Waals surface area (Å²) in [7, 11) is -2.73. The van der Waals surface area contributed by atoms with Crippen molar-refractivity contribution in [1.29, 1.82) is 0 Å². The topological polar surface area (TPSA) is 76.0 Å². The fraction of sp³-hybridized carbons (Fsp3) is 0.346. The van der Waals surface area contributed by atoms with Crippen LogP contribution < -0.4 is 10.4 Å². The van der Waals surface area contributed by atoms with E-state index in [9.17, 15) is 15.0 Å². The fourth-order valence-electron chi connectivity index (χ4n) is 5.15. The molecule has 0 saturated carbocycles. The molecule has 1 heterocycles. The molecule has 0 radical (unpaired) electrons. The zero-order valence-corrected chi connectivity index (χ0v) is 19.7. The second-order valence-electron chi connectivity index (χ2n) is 9.50. The van der Waals surface area contributed by atoms with Crippen LogP contribution >= 0.6 is 0 Å². The number of aliphatic hydroxyl groups excluding tert-OH is 1. The molecule has 5 nitrogen and oxygen atoms in total. The van der Waals surface area contributed by atoms with E-state index in [0.29, 0.717) is 13.0 Å². The number of aliphatic hydroxyl groups is 1. The van der Waals surface area contributed by atoms with Crippen LogP contribution in [0.5, 0.6) is 0 Å². The lowest BCUT2D eigenvalue weighted by molar-refractivity contribution is -0.138. The van der Waals surface area contributed by atoms with E-state index in [0.717, 1.165) is 5.57 Å². The first-order chi connectivity index (χ1) is 15.3. The third kappa shape index (κ3) is 3.83. The van der Waals surface area contributed by atoms with Gasteiger partial charge < -0.3 is 19.4 Å². The van der Waals surface area contributed by atoms with Gasteiger partial charge in [0.2, 0.25) is 6.29 Å². The van der Waals surface area contributed by atoms with Crippen molar-refractivity contribution in [1.82, 2.24) is 0 Å². The second-order valence-corrected chi connectivity index (χ2v) is 13.8. The zero-order valence-electron chi connectivity index (χ0n) is 18.7. The molecule has 6 heteroatoms. The van der Waals surface area contributed by atoms with Gasteiger partial charge in [0.15, 0.2) is 0 Å². The molecule has 1 aliphatic heterocycles. The van der Waals surface area contributed by atoms with E-state index in [1.165, 1.54) is 16.6 Å². The highest BCUT2D eigenvalue weighted by molar-refractivity contribution is 6.99. The van der Waals surface area contributed by atoms with E-state index < -0.39 is 26.5 Å². The quantitative estimate of drug-likeness (QED) is 0.521. The van der Waals surface area contributed by atoms with Gasteiger partial charge in [-0.2, -0.15) is 0 Å². The number of allylic oxidation sites excluding steroid dienone is 1. The molecule has 2 aromatic carbocycles. The molecule has 0 amide bonds. The molecule has 4 rings (SSSR count). The van der Waals surface area contributed by atoms with Crippen molar-refractivity contribution in [2.45, 2.75) is 38.5 Å². The Morgan fingerprint density at radius 3 is 2.12 bits per heavy atom. The molecule has 32 heavy (non-hydrogen) atoms. The van der Waals surface area contributed by atoms with Gasteiger partial charge >= 0.3 is 5.97 Å². The number of hydrogen-bond acceptors (Lipinski definition) is 4. The van der Waals surface area contributed by atoms with E-state index in [1.807, 2.05) is 42.5 Å². The largest absolute Gasteiger partial charge is 0.478 e. The van der Waals surface area contributed by atoms with Gasteiger partial charge in [0.05, 0.1) is 24.4 Å². The van der Waals surface area contributed by atoms with Crippen LogP contribution in [0.3, 0.4) is 0 Å². The minimum absolute atomic E-state index is 0.165. The summed E-state index contributed by atoms with van der Waals surface area (Å²) in [5, 5.41) is 22.3. The summed E-state index contributed by atoms with van der Waals surface area (Å²) in [4.78, 5) is 11.7. The minimum Gasteiger partial charge on any atom is -0.478 e. The van der Waals surface area contributed by atoms with E-state index in [-0.39, 0.29) is 16.5 Å². The molecular weight excluding hydrogens is 420 g/mol. The number of carboxylic acid groups (broad SMARTS) is 1. The van der Waals surface area contributed by atoms with Gasteiger partial charge in [-0.3, -0.25) is 0 Å².